The van der Waals surface area contributed by atoms with Gasteiger partial charge in [0.2, 0.25) is 0 Å². The van der Waals surface area contributed by atoms with E-state index in [0.717, 1.165) is 17.4 Å². The van der Waals surface area contributed by atoms with Gasteiger partial charge in [-0.25, -0.2) is 0 Å². The van der Waals surface area contributed by atoms with E-state index in [2.05, 4.69) is 27.8 Å². The first kappa shape index (κ1) is 14.2. The van der Waals surface area contributed by atoms with Crippen molar-refractivity contribution in [2.24, 2.45) is 0 Å². The predicted octanol–water partition coefficient (Wildman–Crippen LogP) is 3.79. The van der Waals surface area contributed by atoms with Crippen LogP contribution in [0.4, 0.5) is 0 Å². The first-order valence-electron chi connectivity index (χ1n) is 7.21. The van der Waals surface area contributed by atoms with E-state index in [4.69, 9.17) is 5.26 Å². The van der Waals surface area contributed by atoms with Gasteiger partial charge in [0.05, 0.1) is 17.4 Å². The largest absolute Gasteiger partial charge is 0.311 e. The molecule has 0 aliphatic heterocycles. The fraction of sp³-hybridized carbons (Fsp3) is 0.438. The molecule has 1 heterocycles. The van der Waals surface area contributed by atoms with Crippen LogP contribution in [0.3, 0.4) is 0 Å². The third-order valence-electron chi connectivity index (χ3n) is 3.82. The first-order valence-corrected chi connectivity index (χ1v) is 8.26. The van der Waals surface area contributed by atoms with Crippen LogP contribution in [-0.4, -0.2) is 14.8 Å². The Balaban J connectivity index is 1.65. The van der Waals surface area contributed by atoms with Crippen molar-refractivity contribution in [3.05, 3.63) is 47.0 Å². The molecule has 0 spiro atoms. The van der Waals surface area contributed by atoms with Crippen molar-refractivity contribution in [3.8, 4) is 6.07 Å². The second kappa shape index (κ2) is 5.90. The smallest absolute Gasteiger partial charge is 0.143 e. The fourth-order valence-corrected chi connectivity index (χ4v) is 3.39. The molecule has 1 aliphatic carbocycles. The summed E-state index contributed by atoms with van der Waals surface area (Å²) in [6.45, 7) is 4.22. The zero-order chi connectivity index (χ0) is 14.8. The summed E-state index contributed by atoms with van der Waals surface area (Å²) in [5, 5.41) is 17.7. The summed E-state index contributed by atoms with van der Waals surface area (Å²) in [5.74, 6) is 2.98. The van der Waals surface area contributed by atoms with E-state index in [9.17, 15) is 0 Å². The van der Waals surface area contributed by atoms with Crippen LogP contribution in [0.5, 0.6) is 0 Å². The van der Waals surface area contributed by atoms with Crippen LogP contribution in [0.25, 0.3) is 0 Å². The molecule has 1 atom stereocenters. The molecule has 1 saturated carbocycles. The van der Waals surface area contributed by atoms with Crippen molar-refractivity contribution in [2.45, 2.75) is 43.7 Å². The molecular weight excluding hydrogens is 280 g/mol. The Hall–Kier alpha value is -1.80. The maximum atomic E-state index is 8.84. The minimum atomic E-state index is 0.377. The number of benzene rings is 1. The van der Waals surface area contributed by atoms with E-state index in [1.807, 2.05) is 43.0 Å². The Morgan fingerprint density at radius 3 is 2.67 bits per heavy atom. The highest BCUT2D eigenvalue weighted by molar-refractivity contribution is 7.98. The molecule has 5 heteroatoms. The van der Waals surface area contributed by atoms with E-state index < -0.39 is 0 Å². The van der Waals surface area contributed by atoms with Crippen molar-refractivity contribution >= 4 is 11.8 Å². The van der Waals surface area contributed by atoms with Crippen LogP contribution in [0, 0.1) is 18.3 Å². The zero-order valence-electron chi connectivity index (χ0n) is 12.3. The average molecular weight is 298 g/mol. The second-order valence-electron chi connectivity index (χ2n) is 5.45. The molecule has 3 rings (SSSR count). The van der Waals surface area contributed by atoms with Crippen LogP contribution in [-0.2, 0) is 5.75 Å². The topological polar surface area (TPSA) is 54.5 Å². The molecule has 21 heavy (non-hydrogen) atoms. The van der Waals surface area contributed by atoms with Crippen LogP contribution in [0.1, 0.15) is 53.8 Å². The Morgan fingerprint density at radius 1 is 1.33 bits per heavy atom. The van der Waals surface area contributed by atoms with Gasteiger partial charge < -0.3 is 4.57 Å². The van der Waals surface area contributed by atoms with Gasteiger partial charge in [-0.2, -0.15) is 5.26 Å². The molecule has 0 amide bonds. The number of nitriles is 1. The number of aromatic nitrogens is 3. The molecule has 1 aromatic carbocycles. The lowest BCUT2D eigenvalue weighted by molar-refractivity contribution is 0.682. The zero-order valence-corrected chi connectivity index (χ0v) is 13.1. The fourth-order valence-electron chi connectivity index (χ4n) is 2.44. The van der Waals surface area contributed by atoms with Crippen molar-refractivity contribution in [1.82, 2.24) is 14.8 Å². The van der Waals surface area contributed by atoms with Crippen LogP contribution < -0.4 is 0 Å². The Labute approximate surface area is 129 Å². The molecular formula is C16H18N4S. The number of thioether (sulfide) groups is 1. The third kappa shape index (κ3) is 3.11. The summed E-state index contributed by atoms with van der Waals surface area (Å²) in [6.07, 6.45) is 2.50. The number of nitrogens with zero attached hydrogens (tertiary/aromatic N) is 4. The molecule has 1 aliphatic rings. The van der Waals surface area contributed by atoms with Crippen molar-refractivity contribution in [1.29, 1.82) is 5.26 Å². The van der Waals surface area contributed by atoms with E-state index in [1.165, 1.54) is 18.4 Å². The molecule has 0 bridgehead atoms. The van der Waals surface area contributed by atoms with Gasteiger partial charge in [-0.1, -0.05) is 12.1 Å². The third-order valence-corrected chi connectivity index (χ3v) is 5.02. The van der Waals surface area contributed by atoms with E-state index >= 15 is 0 Å². The molecule has 1 aromatic heterocycles. The second-order valence-corrected chi connectivity index (χ2v) is 6.78. The van der Waals surface area contributed by atoms with Gasteiger partial charge in [0.25, 0.3) is 0 Å². The Bertz CT molecular complexity index is 665. The van der Waals surface area contributed by atoms with Crippen molar-refractivity contribution in [2.75, 3.05) is 0 Å². The van der Waals surface area contributed by atoms with Crippen LogP contribution in [0.15, 0.2) is 24.3 Å². The number of aryl methyl sites for hydroxylation is 1. The van der Waals surface area contributed by atoms with Gasteiger partial charge in [0.1, 0.15) is 11.6 Å². The predicted molar refractivity (Wildman–Crippen MR) is 83.9 cm³/mol. The highest BCUT2D eigenvalue weighted by Gasteiger charge is 2.28. The van der Waals surface area contributed by atoms with Crippen LogP contribution >= 0.6 is 11.8 Å². The molecule has 1 fully saturated rings. The normalized spacial score (nSPS) is 15.7. The summed E-state index contributed by atoms with van der Waals surface area (Å²) in [7, 11) is 0. The number of rotatable bonds is 5. The quantitative estimate of drug-likeness (QED) is 0.842. The maximum Gasteiger partial charge on any atom is 0.143 e. The number of hydrogen-bond donors (Lipinski definition) is 0. The SMILES string of the molecule is Cc1nnc(CS[C@H](C)c2ccc(C#N)cc2)n1C1CC1. The molecule has 0 radical (unpaired) electrons. The molecule has 2 aromatic rings. The van der Waals surface area contributed by atoms with Gasteiger partial charge >= 0.3 is 0 Å². The van der Waals surface area contributed by atoms with Gasteiger partial charge in [-0.05, 0) is 44.4 Å². The maximum absolute atomic E-state index is 8.84. The van der Waals surface area contributed by atoms with E-state index in [0.29, 0.717) is 16.9 Å². The first-order chi connectivity index (χ1) is 10.2. The Morgan fingerprint density at radius 2 is 2.05 bits per heavy atom. The summed E-state index contributed by atoms with van der Waals surface area (Å²) in [6, 6.07) is 10.6. The van der Waals surface area contributed by atoms with Gasteiger partial charge in [0.15, 0.2) is 0 Å². The minimum Gasteiger partial charge on any atom is -0.311 e. The van der Waals surface area contributed by atoms with Crippen LogP contribution in [0.2, 0.25) is 0 Å². The lowest BCUT2D eigenvalue weighted by Crippen LogP contribution is -2.03. The summed E-state index contributed by atoms with van der Waals surface area (Å²) in [5.41, 5.74) is 1.95. The monoisotopic (exact) mass is 298 g/mol. The molecule has 108 valence electrons. The molecule has 0 saturated heterocycles. The molecule has 4 nitrogen and oxygen atoms in total. The summed E-state index contributed by atoms with van der Waals surface area (Å²) < 4.78 is 2.29. The van der Waals surface area contributed by atoms with Gasteiger partial charge in [0, 0.05) is 11.3 Å². The standard InChI is InChI=1S/C16H18N4S/c1-11(14-5-3-13(9-17)4-6-14)21-10-16-19-18-12(2)20(16)15-7-8-15/h3-6,11,15H,7-8,10H2,1-2H3/t11-/m1/s1. The van der Waals surface area contributed by atoms with Gasteiger partial charge in [-0.3, -0.25) is 0 Å². The number of hydrogen-bond acceptors (Lipinski definition) is 4. The summed E-state index contributed by atoms with van der Waals surface area (Å²) in [4.78, 5) is 0. The molecule has 0 N–H and O–H groups in total. The minimum absolute atomic E-state index is 0.377. The lowest BCUT2D eigenvalue weighted by Gasteiger charge is -2.12. The van der Waals surface area contributed by atoms with E-state index in [1.54, 1.807) is 0 Å². The van der Waals surface area contributed by atoms with E-state index in [-0.39, 0.29) is 0 Å². The summed E-state index contributed by atoms with van der Waals surface area (Å²) >= 11 is 1.86. The van der Waals surface area contributed by atoms with Gasteiger partial charge in [-0.15, -0.1) is 22.0 Å². The lowest BCUT2D eigenvalue weighted by atomic mass is 10.1. The highest BCUT2D eigenvalue weighted by Crippen LogP contribution is 2.38. The van der Waals surface area contributed by atoms with Crippen molar-refractivity contribution < 1.29 is 0 Å². The highest BCUT2D eigenvalue weighted by atomic mass is 32.2. The Kier molecular flexibility index (Phi) is 3.98. The average Bonchev–Trinajstić information content (AvgIpc) is 3.28. The van der Waals surface area contributed by atoms with Crippen molar-refractivity contribution in [3.63, 3.8) is 0 Å². The molecule has 0 unspecified atom stereocenters.